The van der Waals surface area contributed by atoms with Gasteiger partial charge in [0.05, 0.1) is 30.2 Å². The first kappa shape index (κ1) is 26.5. The van der Waals surface area contributed by atoms with E-state index in [4.69, 9.17) is 14.9 Å². The van der Waals surface area contributed by atoms with E-state index >= 15 is 0 Å². The highest BCUT2D eigenvalue weighted by Gasteiger charge is 2.80. The highest BCUT2D eigenvalue weighted by molar-refractivity contribution is 5.89. The molecule has 0 aromatic carbocycles. The molecule has 34 heavy (non-hydrogen) atoms. The van der Waals surface area contributed by atoms with Gasteiger partial charge in [0.1, 0.15) is 0 Å². The standard InChI is InChI=1S/C28H42N4O2/c1-5-6-7-8-9-10-11-12-13-14-23-26(18-29,19-30)27(20-31)22-17-21(25(2,3)4)15-16-28(22,33-23)34-24(27)32/h21-23,32H,5-17H2,1-4H3. The summed E-state index contributed by atoms with van der Waals surface area (Å²) in [5, 5.41) is 39.9. The van der Waals surface area contributed by atoms with Gasteiger partial charge < -0.3 is 9.47 Å². The van der Waals surface area contributed by atoms with E-state index in [9.17, 15) is 15.8 Å². The molecule has 3 aliphatic rings. The Kier molecular flexibility index (Phi) is 7.99. The van der Waals surface area contributed by atoms with Crippen molar-refractivity contribution in [1.82, 2.24) is 0 Å². The third kappa shape index (κ3) is 4.22. The van der Waals surface area contributed by atoms with Crippen LogP contribution in [0.15, 0.2) is 0 Å². The fraction of sp³-hybridized carbons (Fsp3) is 0.857. The first-order valence-electron chi connectivity index (χ1n) is 13.4. The molecule has 1 aliphatic carbocycles. The van der Waals surface area contributed by atoms with Gasteiger partial charge in [0.2, 0.25) is 11.7 Å². The molecule has 1 saturated carbocycles. The summed E-state index contributed by atoms with van der Waals surface area (Å²) >= 11 is 0. The zero-order valence-electron chi connectivity index (χ0n) is 21.6. The SMILES string of the molecule is CCCCCCCCCCCC1OC23CCC(C(C)(C)C)CC2C(C#N)(C(=N)O3)C1(C#N)C#N. The van der Waals surface area contributed by atoms with Crippen molar-refractivity contribution in [2.24, 2.45) is 28.1 Å². The number of nitriles is 3. The molecule has 0 aromatic heterocycles. The predicted octanol–water partition coefficient (Wildman–Crippen LogP) is 7.02. The topological polar surface area (TPSA) is 114 Å². The number of unbranched alkanes of at least 4 members (excludes halogenated alkanes) is 8. The van der Waals surface area contributed by atoms with Crippen LogP contribution < -0.4 is 0 Å². The van der Waals surface area contributed by atoms with Gasteiger partial charge >= 0.3 is 0 Å². The predicted molar refractivity (Wildman–Crippen MR) is 130 cm³/mol. The summed E-state index contributed by atoms with van der Waals surface area (Å²) < 4.78 is 12.6. The largest absolute Gasteiger partial charge is 0.447 e. The quantitative estimate of drug-likeness (QED) is 0.348. The van der Waals surface area contributed by atoms with Crippen molar-refractivity contribution < 1.29 is 9.47 Å². The maximum Gasteiger partial charge on any atom is 0.217 e. The molecule has 3 fully saturated rings. The van der Waals surface area contributed by atoms with Gasteiger partial charge in [-0.25, -0.2) is 0 Å². The number of ether oxygens (including phenoxy) is 2. The van der Waals surface area contributed by atoms with Crippen LogP contribution in [-0.2, 0) is 9.47 Å². The molecule has 0 radical (unpaired) electrons. The minimum absolute atomic E-state index is 0.0230. The molecule has 0 aromatic rings. The third-order valence-electron chi connectivity index (χ3n) is 8.82. The molecular formula is C28H42N4O2. The fourth-order valence-electron chi connectivity index (χ4n) is 6.64. The number of rotatable bonds is 10. The van der Waals surface area contributed by atoms with Gasteiger partial charge in [0.15, 0.2) is 10.8 Å². The molecule has 0 amide bonds. The lowest BCUT2D eigenvalue weighted by atomic mass is 9.49. The van der Waals surface area contributed by atoms with E-state index in [1.165, 1.54) is 38.5 Å². The van der Waals surface area contributed by atoms with Crippen molar-refractivity contribution >= 4 is 5.90 Å². The normalized spacial score (nSPS) is 33.8. The molecule has 5 unspecified atom stereocenters. The van der Waals surface area contributed by atoms with E-state index in [0.717, 1.165) is 25.7 Å². The zero-order chi connectivity index (χ0) is 25.0. The minimum Gasteiger partial charge on any atom is -0.447 e. The summed E-state index contributed by atoms with van der Waals surface area (Å²) in [7, 11) is 0. The maximum atomic E-state index is 10.5. The van der Waals surface area contributed by atoms with E-state index in [2.05, 4.69) is 45.9 Å². The molecule has 6 heteroatoms. The van der Waals surface area contributed by atoms with Crippen molar-refractivity contribution in [2.75, 3.05) is 0 Å². The molecule has 2 aliphatic heterocycles. The van der Waals surface area contributed by atoms with Crippen molar-refractivity contribution in [1.29, 1.82) is 21.2 Å². The van der Waals surface area contributed by atoms with Crippen LogP contribution in [0.2, 0.25) is 0 Å². The van der Waals surface area contributed by atoms with Crippen molar-refractivity contribution in [3.05, 3.63) is 0 Å². The molecule has 2 bridgehead atoms. The Bertz CT molecular complexity index is 859. The zero-order valence-corrected chi connectivity index (χ0v) is 21.6. The average molecular weight is 467 g/mol. The van der Waals surface area contributed by atoms with Gasteiger partial charge in [-0.15, -0.1) is 0 Å². The van der Waals surface area contributed by atoms with Gasteiger partial charge in [-0.2, -0.15) is 15.8 Å². The summed E-state index contributed by atoms with van der Waals surface area (Å²) in [6, 6.07) is 6.71. The number of nitrogens with zero attached hydrogens (tertiary/aromatic N) is 3. The number of hydrogen-bond donors (Lipinski definition) is 1. The van der Waals surface area contributed by atoms with Crippen LogP contribution in [0.1, 0.15) is 111 Å². The summed E-state index contributed by atoms with van der Waals surface area (Å²) in [6.07, 6.45) is 12.5. The van der Waals surface area contributed by atoms with Crippen LogP contribution in [0.3, 0.4) is 0 Å². The van der Waals surface area contributed by atoms with Crippen LogP contribution in [0, 0.1) is 67.5 Å². The van der Waals surface area contributed by atoms with Gasteiger partial charge in [-0.05, 0) is 30.6 Å². The average Bonchev–Trinajstić information content (AvgIpc) is 3.01. The summed E-state index contributed by atoms with van der Waals surface area (Å²) in [6.45, 7) is 8.77. The third-order valence-corrected chi connectivity index (χ3v) is 8.82. The second-order valence-corrected chi connectivity index (χ2v) is 11.8. The molecule has 2 saturated heterocycles. The Hall–Kier alpha value is -2.10. The van der Waals surface area contributed by atoms with Crippen molar-refractivity contribution in [3.8, 4) is 18.2 Å². The first-order valence-corrected chi connectivity index (χ1v) is 13.4. The Balaban J connectivity index is 1.76. The Morgan fingerprint density at radius 2 is 1.53 bits per heavy atom. The van der Waals surface area contributed by atoms with Gasteiger partial charge in [0.25, 0.3) is 0 Å². The fourth-order valence-corrected chi connectivity index (χ4v) is 6.64. The van der Waals surface area contributed by atoms with Crippen LogP contribution in [0.25, 0.3) is 0 Å². The molecular weight excluding hydrogens is 424 g/mol. The highest BCUT2D eigenvalue weighted by atomic mass is 16.7. The molecule has 2 heterocycles. The monoisotopic (exact) mass is 466 g/mol. The molecule has 186 valence electrons. The van der Waals surface area contributed by atoms with Crippen LogP contribution in [-0.4, -0.2) is 17.8 Å². The van der Waals surface area contributed by atoms with E-state index in [1.807, 2.05) is 0 Å². The molecule has 5 atom stereocenters. The van der Waals surface area contributed by atoms with E-state index in [0.29, 0.717) is 25.2 Å². The molecule has 1 N–H and O–H groups in total. The Labute approximate surface area is 206 Å². The van der Waals surface area contributed by atoms with E-state index < -0.39 is 28.6 Å². The van der Waals surface area contributed by atoms with Crippen LogP contribution in [0.5, 0.6) is 0 Å². The van der Waals surface area contributed by atoms with Gasteiger partial charge in [0, 0.05) is 6.42 Å². The molecule has 3 rings (SSSR count). The lowest BCUT2D eigenvalue weighted by Gasteiger charge is -2.54. The number of hydrogen-bond acceptors (Lipinski definition) is 6. The summed E-state index contributed by atoms with van der Waals surface area (Å²) in [4.78, 5) is 0. The van der Waals surface area contributed by atoms with E-state index in [-0.39, 0.29) is 11.3 Å². The van der Waals surface area contributed by atoms with Gasteiger partial charge in [-0.1, -0.05) is 85.5 Å². The Morgan fingerprint density at radius 1 is 0.941 bits per heavy atom. The molecule has 0 spiro atoms. The lowest BCUT2D eigenvalue weighted by molar-refractivity contribution is -0.299. The second kappa shape index (κ2) is 10.3. The summed E-state index contributed by atoms with van der Waals surface area (Å²) in [5.41, 5.74) is -3.29. The van der Waals surface area contributed by atoms with E-state index in [1.54, 1.807) is 0 Å². The Morgan fingerprint density at radius 3 is 2.06 bits per heavy atom. The smallest absolute Gasteiger partial charge is 0.217 e. The maximum absolute atomic E-state index is 10.5. The van der Waals surface area contributed by atoms with Gasteiger partial charge in [-0.3, -0.25) is 5.41 Å². The molecule has 6 nitrogen and oxygen atoms in total. The van der Waals surface area contributed by atoms with Crippen LogP contribution >= 0.6 is 0 Å². The second-order valence-electron chi connectivity index (χ2n) is 11.8. The highest BCUT2D eigenvalue weighted by Crippen LogP contribution is 2.68. The van der Waals surface area contributed by atoms with Crippen LogP contribution in [0.4, 0.5) is 0 Å². The summed E-state index contributed by atoms with van der Waals surface area (Å²) in [5.74, 6) is -1.47. The lowest BCUT2D eigenvalue weighted by Crippen LogP contribution is -2.64. The minimum atomic E-state index is -1.73. The van der Waals surface area contributed by atoms with Crippen molar-refractivity contribution in [3.63, 3.8) is 0 Å². The number of nitrogens with one attached hydrogen (secondary N) is 1. The first-order chi connectivity index (χ1) is 16.2. The van der Waals surface area contributed by atoms with Crippen molar-refractivity contribution in [2.45, 2.75) is 123 Å².